The fourth-order valence-electron chi connectivity index (χ4n) is 2.15. The Morgan fingerprint density at radius 2 is 2.15 bits per heavy atom. The fourth-order valence-corrected chi connectivity index (χ4v) is 2.15. The van der Waals surface area contributed by atoms with Crippen LogP contribution in [-0.2, 0) is 16.0 Å². The molecule has 1 aromatic carbocycles. The third-order valence-electron chi connectivity index (χ3n) is 3.13. The predicted octanol–water partition coefficient (Wildman–Crippen LogP) is 0.800. The van der Waals surface area contributed by atoms with Gasteiger partial charge in [0.05, 0.1) is 12.0 Å². The van der Waals surface area contributed by atoms with Crippen LogP contribution in [0.2, 0.25) is 0 Å². The van der Waals surface area contributed by atoms with Gasteiger partial charge in [0, 0.05) is 12.2 Å². The van der Waals surface area contributed by atoms with Gasteiger partial charge in [0.25, 0.3) is 0 Å². The number of fused-ring (bicyclic) bond motifs is 1. The summed E-state index contributed by atoms with van der Waals surface area (Å²) in [6, 6.07) is 4.51. The van der Waals surface area contributed by atoms with Crippen molar-refractivity contribution < 1.29 is 19.5 Å². The highest BCUT2D eigenvalue weighted by molar-refractivity contribution is 6.05. The van der Waals surface area contributed by atoms with E-state index in [9.17, 15) is 14.4 Å². The SMILES string of the molecule is CCCNC(=O)CN1C(=O)Cc2cc(C(=O)O)ccc21. The molecule has 1 aromatic rings. The number of benzene rings is 1. The van der Waals surface area contributed by atoms with Crippen molar-refractivity contribution in [3.63, 3.8) is 0 Å². The Bertz CT molecular complexity index is 568. The van der Waals surface area contributed by atoms with Gasteiger partial charge < -0.3 is 15.3 Å². The van der Waals surface area contributed by atoms with Crippen LogP contribution >= 0.6 is 0 Å². The van der Waals surface area contributed by atoms with Crippen LogP contribution < -0.4 is 10.2 Å². The number of nitrogens with one attached hydrogen (secondary N) is 1. The normalized spacial score (nSPS) is 13.2. The van der Waals surface area contributed by atoms with Gasteiger partial charge in [-0.2, -0.15) is 0 Å². The molecule has 0 atom stereocenters. The van der Waals surface area contributed by atoms with Crippen molar-refractivity contribution in [2.24, 2.45) is 0 Å². The topological polar surface area (TPSA) is 86.7 Å². The van der Waals surface area contributed by atoms with Gasteiger partial charge >= 0.3 is 5.97 Å². The van der Waals surface area contributed by atoms with E-state index in [2.05, 4.69) is 5.32 Å². The molecule has 0 aliphatic carbocycles. The molecule has 0 unspecified atom stereocenters. The lowest BCUT2D eigenvalue weighted by Crippen LogP contribution is -2.39. The maximum absolute atomic E-state index is 11.9. The molecule has 0 bridgehead atoms. The van der Waals surface area contributed by atoms with E-state index in [1.807, 2.05) is 6.92 Å². The number of anilines is 1. The quantitative estimate of drug-likeness (QED) is 0.832. The smallest absolute Gasteiger partial charge is 0.335 e. The Hall–Kier alpha value is -2.37. The van der Waals surface area contributed by atoms with E-state index in [4.69, 9.17) is 5.11 Å². The molecule has 106 valence electrons. The maximum Gasteiger partial charge on any atom is 0.335 e. The summed E-state index contributed by atoms with van der Waals surface area (Å²) >= 11 is 0. The van der Waals surface area contributed by atoms with Crippen LogP contribution in [0.5, 0.6) is 0 Å². The van der Waals surface area contributed by atoms with Gasteiger partial charge in [-0.3, -0.25) is 9.59 Å². The molecule has 0 saturated heterocycles. The van der Waals surface area contributed by atoms with Crippen LogP contribution in [0.4, 0.5) is 5.69 Å². The van der Waals surface area contributed by atoms with Gasteiger partial charge in [0.15, 0.2) is 0 Å². The number of carbonyl (C=O) groups excluding carboxylic acids is 2. The van der Waals surface area contributed by atoms with Gasteiger partial charge in [-0.05, 0) is 30.2 Å². The Balaban J connectivity index is 2.16. The van der Waals surface area contributed by atoms with Gasteiger partial charge in [0.2, 0.25) is 11.8 Å². The molecule has 1 aliphatic heterocycles. The maximum atomic E-state index is 11.9. The van der Waals surface area contributed by atoms with E-state index >= 15 is 0 Å². The number of carbonyl (C=O) groups is 3. The second kappa shape index (κ2) is 5.73. The van der Waals surface area contributed by atoms with Crippen molar-refractivity contribution in [2.75, 3.05) is 18.0 Å². The number of hydrogen-bond donors (Lipinski definition) is 2. The standard InChI is InChI=1S/C14H16N2O4/c1-2-5-15-12(17)8-16-11-4-3-9(14(19)20)6-10(11)7-13(16)18/h3-4,6H,2,5,7-8H2,1H3,(H,15,17)(H,19,20). The number of aromatic carboxylic acids is 1. The fraction of sp³-hybridized carbons (Fsp3) is 0.357. The minimum atomic E-state index is -1.03. The lowest BCUT2D eigenvalue weighted by Gasteiger charge is -2.17. The number of amides is 2. The Labute approximate surface area is 116 Å². The van der Waals surface area contributed by atoms with Gasteiger partial charge in [0.1, 0.15) is 6.54 Å². The van der Waals surface area contributed by atoms with Crippen molar-refractivity contribution in [3.8, 4) is 0 Å². The van der Waals surface area contributed by atoms with Crippen LogP contribution in [0.15, 0.2) is 18.2 Å². The molecule has 2 amide bonds. The van der Waals surface area contributed by atoms with E-state index in [0.717, 1.165) is 6.42 Å². The van der Waals surface area contributed by atoms with E-state index < -0.39 is 5.97 Å². The van der Waals surface area contributed by atoms with Gasteiger partial charge in [-0.25, -0.2) is 4.79 Å². The second-order valence-electron chi connectivity index (χ2n) is 4.66. The zero-order chi connectivity index (χ0) is 14.7. The zero-order valence-electron chi connectivity index (χ0n) is 11.2. The molecular formula is C14H16N2O4. The molecule has 1 heterocycles. The molecule has 6 heteroatoms. The van der Waals surface area contributed by atoms with Crippen LogP contribution in [0.3, 0.4) is 0 Å². The predicted molar refractivity (Wildman–Crippen MR) is 72.8 cm³/mol. The molecule has 2 N–H and O–H groups in total. The van der Waals surface area contributed by atoms with E-state index in [0.29, 0.717) is 17.8 Å². The minimum Gasteiger partial charge on any atom is -0.478 e. The molecule has 1 aliphatic rings. The molecule has 0 radical (unpaired) electrons. The summed E-state index contributed by atoms with van der Waals surface area (Å²) in [5.74, 6) is -1.43. The summed E-state index contributed by atoms with van der Waals surface area (Å²) in [6.07, 6.45) is 0.968. The lowest BCUT2D eigenvalue weighted by atomic mass is 10.1. The molecular weight excluding hydrogens is 260 g/mol. The third kappa shape index (κ3) is 2.79. The van der Waals surface area contributed by atoms with Crippen LogP contribution in [0, 0.1) is 0 Å². The molecule has 6 nitrogen and oxygen atoms in total. The number of hydrogen-bond acceptors (Lipinski definition) is 3. The molecule has 0 aromatic heterocycles. The highest BCUT2D eigenvalue weighted by atomic mass is 16.4. The van der Waals surface area contributed by atoms with Crippen molar-refractivity contribution in [3.05, 3.63) is 29.3 Å². The van der Waals surface area contributed by atoms with Crippen LogP contribution in [0.1, 0.15) is 29.3 Å². The van der Waals surface area contributed by atoms with E-state index in [-0.39, 0.29) is 30.3 Å². The third-order valence-corrected chi connectivity index (χ3v) is 3.13. The summed E-state index contributed by atoms with van der Waals surface area (Å²) < 4.78 is 0. The number of carboxylic acid groups (broad SMARTS) is 1. The van der Waals surface area contributed by atoms with Crippen molar-refractivity contribution in [1.29, 1.82) is 0 Å². The highest BCUT2D eigenvalue weighted by Gasteiger charge is 2.29. The molecule has 20 heavy (non-hydrogen) atoms. The summed E-state index contributed by atoms with van der Waals surface area (Å²) in [4.78, 5) is 35.9. The summed E-state index contributed by atoms with van der Waals surface area (Å²) in [6.45, 7) is 2.49. The van der Waals surface area contributed by atoms with E-state index in [1.54, 1.807) is 6.07 Å². The Morgan fingerprint density at radius 3 is 2.80 bits per heavy atom. The van der Waals surface area contributed by atoms with Crippen LogP contribution in [-0.4, -0.2) is 36.0 Å². The first-order chi connectivity index (χ1) is 9.52. The molecule has 0 fully saturated rings. The summed E-state index contributed by atoms with van der Waals surface area (Å²) in [5, 5.41) is 11.6. The molecule has 2 rings (SSSR count). The molecule has 0 saturated carbocycles. The highest BCUT2D eigenvalue weighted by Crippen LogP contribution is 2.29. The van der Waals surface area contributed by atoms with Crippen LogP contribution in [0.25, 0.3) is 0 Å². The average molecular weight is 276 g/mol. The second-order valence-corrected chi connectivity index (χ2v) is 4.66. The first kappa shape index (κ1) is 14.0. The first-order valence-corrected chi connectivity index (χ1v) is 6.46. The summed E-state index contributed by atoms with van der Waals surface area (Å²) in [7, 11) is 0. The largest absolute Gasteiger partial charge is 0.478 e. The average Bonchev–Trinajstić information content (AvgIpc) is 2.72. The van der Waals surface area contributed by atoms with Crippen molar-refractivity contribution >= 4 is 23.5 Å². The monoisotopic (exact) mass is 276 g/mol. The number of carboxylic acids is 1. The number of rotatable bonds is 5. The zero-order valence-corrected chi connectivity index (χ0v) is 11.2. The first-order valence-electron chi connectivity index (χ1n) is 6.46. The number of nitrogens with zero attached hydrogens (tertiary/aromatic N) is 1. The van der Waals surface area contributed by atoms with E-state index in [1.165, 1.54) is 17.0 Å². The van der Waals surface area contributed by atoms with Gasteiger partial charge in [-0.1, -0.05) is 6.92 Å². The molecule has 0 spiro atoms. The minimum absolute atomic E-state index is 0.0295. The Kier molecular flexibility index (Phi) is 4.02. The van der Waals surface area contributed by atoms with Gasteiger partial charge in [-0.15, -0.1) is 0 Å². The Morgan fingerprint density at radius 1 is 1.40 bits per heavy atom. The van der Waals surface area contributed by atoms with Crippen molar-refractivity contribution in [2.45, 2.75) is 19.8 Å². The van der Waals surface area contributed by atoms with Crippen molar-refractivity contribution in [1.82, 2.24) is 5.32 Å². The summed E-state index contributed by atoms with van der Waals surface area (Å²) in [5.41, 5.74) is 1.42. The lowest BCUT2D eigenvalue weighted by molar-refractivity contribution is -0.123.